The summed E-state index contributed by atoms with van der Waals surface area (Å²) in [5.41, 5.74) is 1.32. The number of carbonyl (C=O) groups is 2. The third-order valence-corrected chi connectivity index (χ3v) is 8.26. The molecule has 1 aromatic heterocycles. The number of piperidine rings is 1. The second-order valence-electron chi connectivity index (χ2n) is 9.11. The van der Waals surface area contributed by atoms with Crippen molar-refractivity contribution in [1.29, 1.82) is 0 Å². The largest absolute Gasteiger partial charge is 0.356 e. The smallest absolute Gasteiger partial charge is 0.243 e. The Morgan fingerprint density at radius 1 is 1.24 bits per heavy atom. The van der Waals surface area contributed by atoms with E-state index >= 15 is 0 Å². The lowest BCUT2D eigenvalue weighted by Gasteiger charge is -2.31. The number of carbonyl (C=O) groups excluding carboxylic acids is 2. The molecule has 11 heteroatoms. The number of hydrogen-bond acceptors (Lipinski definition) is 6. The van der Waals surface area contributed by atoms with Gasteiger partial charge in [0, 0.05) is 45.2 Å². The summed E-state index contributed by atoms with van der Waals surface area (Å²) in [4.78, 5) is 26.3. The molecule has 2 fully saturated rings. The molecule has 180 valence electrons. The number of amides is 2. The predicted octanol–water partition coefficient (Wildman–Crippen LogP) is 1.54. The van der Waals surface area contributed by atoms with Gasteiger partial charge in [-0.15, -0.1) is 5.10 Å². The highest BCUT2D eigenvalue weighted by Crippen LogP contribution is 2.26. The van der Waals surface area contributed by atoms with E-state index in [1.54, 1.807) is 22.9 Å². The van der Waals surface area contributed by atoms with Crippen LogP contribution in [-0.2, 0) is 19.6 Å². The Bertz CT molecular complexity index is 1130. The fraction of sp³-hybridized carbons (Fsp3) is 0.636. The van der Waals surface area contributed by atoms with Crippen LogP contribution in [0.5, 0.6) is 0 Å². The van der Waals surface area contributed by atoms with Crippen LogP contribution in [0.25, 0.3) is 11.0 Å². The molecule has 1 aromatic carbocycles. The van der Waals surface area contributed by atoms with Crippen molar-refractivity contribution in [3.05, 3.63) is 18.2 Å². The molecule has 2 aliphatic rings. The molecule has 0 radical (unpaired) electrons. The van der Waals surface area contributed by atoms with Crippen LogP contribution >= 0.6 is 0 Å². The van der Waals surface area contributed by atoms with Crippen LogP contribution in [0.1, 0.15) is 52.0 Å². The van der Waals surface area contributed by atoms with Crippen molar-refractivity contribution in [2.75, 3.05) is 32.7 Å². The number of rotatable bonds is 8. The van der Waals surface area contributed by atoms with Crippen molar-refractivity contribution in [3.8, 4) is 0 Å². The predicted molar refractivity (Wildman–Crippen MR) is 123 cm³/mol. The van der Waals surface area contributed by atoms with Crippen LogP contribution in [0.3, 0.4) is 0 Å². The van der Waals surface area contributed by atoms with Gasteiger partial charge in [0.2, 0.25) is 21.8 Å². The number of likely N-dealkylation sites (tertiary alicyclic amines) is 1. The molecule has 2 amide bonds. The van der Waals surface area contributed by atoms with E-state index in [-0.39, 0.29) is 35.2 Å². The summed E-state index contributed by atoms with van der Waals surface area (Å²) in [7, 11) is -3.74. The first-order valence-electron chi connectivity index (χ1n) is 11.7. The second kappa shape index (κ2) is 9.76. The molecule has 1 N–H and O–H groups in total. The highest BCUT2D eigenvalue weighted by atomic mass is 32.2. The number of fused-ring (bicyclic) bond motifs is 1. The SMILES string of the molecule is CC(C)n1nnc2cc(S(=O)(=O)N3CCC[C@H](C(=O)NCCCN4CCCC4=O)C3)ccc21. The molecule has 1 atom stereocenters. The molecule has 0 bridgehead atoms. The number of benzene rings is 1. The Morgan fingerprint density at radius 2 is 2.06 bits per heavy atom. The molecule has 10 nitrogen and oxygen atoms in total. The first-order chi connectivity index (χ1) is 15.8. The topological polar surface area (TPSA) is 118 Å². The van der Waals surface area contributed by atoms with Crippen molar-refractivity contribution >= 4 is 32.9 Å². The third kappa shape index (κ3) is 5.03. The van der Waals surface area contributed by atoms with E-state index in [2.05, 4.69) is 15.6 Å². The number of hydrogen-bond donors (Lipinski definition) is 1. The zero-order valence-electron chi connectivity index (χ0n) is 19.2. The second-order valence-corrected chi connectivity index (χ2v) is 11.0. The van der Waals surface area contributed by atoms with Gasteiger partial charge < -0.3 is 10.2 Å². The Labute approximate surface area is 194 Å². The summed E-state index contributed by atoms with van der Waals surface area (Å²) in [6.45, 7) is 6.45. The van der Waals surface area contributed by atoms with Gasteiger partial charge in [0.25, 0.3) is 0 Å². The molecule has 2 saturated heterocycles. The van der Waals surface area contributed by atoms with Gasteiger partial charge in [-0.2, -0.15) is 4.31 Å². The zero-order valence-corrected chi connectivity index (χ0v) is 20.1. The van der Waals surface area contributed by atoms with Gasteiger partial charge in [-0.3, -0.25) is 9.59 Å². The lowest BCUT2D eigenvalue weighted by atomic mass is 9.99. The summed E-state index contributed by atoms with van der Waals surface area (Å²) in [6.07, 6.45) is 3.50. The lowest BCUT2D eigenvalue weighted by Crippen LogP contribution is -2.45. The zero-order chi connectivity index (χ0) is 23.6. The van der Waals surface area contributed by atoms with E-state index in [4.69, 9.17) is 0 Å². The third-order valence-electron chi connectivity index (χ3n) is 6.40. The molecule has 2 aliphatic heterocycles. The average molecular weight is 477 g/mol. The highest BCUT2D eigenvalue weighted by Gasteiger charge is 2.33. The van der Waals surface area contributed by atoms with Crippen LogP contribution in [0.2, 0.25) is 0 Å². The molecule has 0 saturated carbocycles. The first kappa shape index (κ1) is 23.6. The molecular formula is C22H32N6O4S. The maximum absolute atomic E-state index is 13.3. The van der Waals surface area contributed by atoms with Gasteiger partial charge in [-0.25, -0.2) is 13.1 Å². The maximum atomic E-state index is 13.3. The molecule has 3 heterocycles. The summed E-state index contributed by atoms with van der Waals surface area (Å²) >= 11 is 0. The van der Waals surface area contributed by atoms with Crippen molar-refractivity contribution in [3.63, 3.8) is 0 Å². The monoisotopic (exact) mass is 476 g/mol. The van der Waals surface area contributed by atoms with Gasteiger partial charge in [0.15, 0.2) is 0 Å². The number of sulfonamides is 1. The van der Waals surface area contributed by atoms with Gasteiger partial charge in [0.1, 0.15) is 5.52 Å². The molecular weight excluding hydrogens is 444 g/mol. The van der Waals surface area contributed by atoms with E-state index in [0.29, 0.717) is 50.8 Å². The van der Waals surface area contributed by atoms with E-state index in [1.807, 2.05) is 18.7 Å². The van der Waals surface area contributed by atoms with Crippen molar-refractivity contribution < 1.29 is 18.0 Å². The van der Waals surface area contributed by atoms with Crippen molar-refractivity contribution in [1.82, 2.24) is 29.5 Å². The van der Waals surface area contributed by atoms with Crippen molar-refractivity contribution in [2.45, 2.75) is 56.9 Å². The normalized spacial score (nSPS) is 20.2. The Morgan fingerprint density at radius 3 is 2.79 bits per heavy atom. The van der Waals surface area contributed by atoms with E-state index < -0.39 is 10.0 Å². The van der Waals surface area contributed by atoms with Crippen LogP contribution in [0.4, 0.5) is 0 Å². The van der Waals surface area contributed by atoms with Crippen molar-refractivity contribution in [2.24, 2.45) is 5.92 Å². The molecule has 0 aliphatic carbocycles. The number of nitrogens with one attached hydrogen (secondary N) is 1. The summed E-state index contributed by atoms with van der Waals surface area (Å²) in [5.74, 6) is -0.329. The molecule has 0 spiro atoms. The van der Waals surface area contributed by atoms with Gasteiger partial charge >= 0.3 is 0 Å². The molecule has 4 rings (SSSR count). The summed E-state index contributed by atoms with van der Waals surface area (Å²) in [5, 5.41) is 11.2. The standard InChI is InChI=1S/C22H32N6O4S/c1-16(2)28-20-9-8-18(14-19(20)24-25-28)33(31,32)27-13-3-6-17(15-27)22(30)23-10-5-12-26-11-4-7-21(26)29/h8-9,14,16-17H,3-7,10-13,15H2,1-2H3,(H,23,30)/t17-/m0/s1. The van der Waals surface area contributed by atoms with E-state index in [9.17, 15) is 18.0 Å². The fourth-order valence-electron chi connectivity index (χ4n) is 4.55. The Balaban J connectivity index is 1.36. The molecule has 0 unspecified atom stereocenters. The molecule has 33 heavy (non-hydrogen) atoms. The van der Waals surface area contributed by atoms with Gasteiger partial charge in [-0.05, 0) is 57.7 Å². The first-order valence-corrected chi connectivity index (χ1v) is 13.1. The van der Waals surface area contributed by atoms with E-state index in [1.165, 1.54) is 4.31 Å². The van der Waals surface area contributed by atoms with Crippen LogP contribution in [-0.4, -0.2) is 77.2 Å². The van der Waals surface area contributed by atoms with Gasteiger partial charge in [0.05, 0.1) is 16.3 Å². The quantitative estimate of drug-likeness (QED) is 0.578. The average Bonchev–Trinajstić information content (AvgIpc) is 3.42. The molecule has 2 aromatic rings. The number of nitrogens with zero attached hydrogens (tertiary/aromatic N) is 5. The minimum Gasteiger partial charge on any atom is -0.356 e. The summed E-state index contributed by atoms with van der Waals surface area (Å²) < 4.78 is 29.7. The maximum Gasteiger partial charge on any atom is 0.243 e. The Kier molecular flexibility index (Phi) is 6.99. The van der Waals surface area contributed by atoms with Crippen LogP contribution < -0.4 is 5.32 Å². The minimum absolute atomic E-state index is 0.120. The Hall–Kier alpha value is -2.53. The highest BCUT2D eigenvalue weighted by molar-refractivity contribution is 7.89. The number of aromatic nitrogens is 3. The lowest BCUT2D eigenvalue weighted by molar-refractivity contribution is -0.127. The summed E-state index contributed by atoms with van der Waals surface area (Å²) in [6, 6.07) is 5.00. The van der Waals surface area contributed by atoms with Gasteiger partial charge in [-0.1, -0.05) is 5.21 Å². The fourth-order valence-corrected chi connectivity index (χ4v) is 6.10. The van der Waals surface area contributed by atoms with E-state index in [0.717, 1.165) is 18.5 Å². The van der Waals surface area contributed by atoms with Crippen LogP contribution in [0.15, 0.2) is 23.1 Å². The minimum atomic E-state index is -3.74. The van der Waals surface area contributed by atoms with Crippen LogP contribution in [0, 0.1) is 5.92 Å².